The number of benzene rings is 1. The topological polar surface area (TPSA) is 45.2 Å². The van der Waals surface area contributed by atoms with E-state index in [4.69, 9.17) is 11.6 Å². The molecular formula is C21H26ClN3O. The maximum Gasteiger partial charge on any atom is 0.228 e. The first-order valence-electron chi connectivity index (χ1n) is 9.32. The zero-order chi connectivity index (χ0) is 18.4. The van der Waals surface area contributed by atoms with Crippen LogP contribution >= 0.6 is 11.6 Å². The van der Waals surface area contributed by atoms with Gasteiger partial charge >= 0.3 is 0 Å². The summed E-state index contributed by atoms with van der Waals surface area (Å²) in [6.07, 6.45) is 5.60. The second-order valence-corrected chi connectivity index (χ2v) is 7.47. The van der Waals surface area contributed by atoms with Crippen molar-refractivity contribution in [3.8, 4) is 0 Å². The number of amides is 1. The SMILES string of the molecule is CC(CCc1ccccc1)N1CCC(C(=O)Nc2ccc(Cl)cn2)CC1. The van der Waals surface area contributed by atoms with E-state index < -0.39 is 0 Å². The summed E-state index contributed by atoms with van der Waals surface area (Å²) >= 11 is 5.83. The highest BCUT2D eigenvalue weighted by molar-refractivity contribution is 6.30. The van der Waals surface area contributed by atoms with Crippen molar-refractivity contribution >= 4 is 23.3 Å². The van der Waals surface area contributed by atoms with Crippen LogP contribution in [0, 0.1) is 5.92 Å². The van der Waals surface area contributed by atoms with E-state index in [-0.39, 0.29) is 11.8 Å². The molecule has 0 spiro atoms. The summed E-state index contributed by atoms with van der Waals surface area (Å²) < 4.78 is 0. The average molecular weight is 372 g/mol. The molecule has 1 aliphatic rings. The Labute approximate surface area is 160 Å². The monoisotopic (exact) mass is 371 g/mol. The maximum atomic E-state index is 12.4. The summed E-state index contributed by atoms with van der Waals surface area (Å²) in [5.41, 5.74) is 1.39. The van der Waals surface area contributed by atoms with E-state index in [1.807, 2.05) is 0 Å². The predicted molar refractivity (Wildman–Crippen MR) is 106 cm³/mol. The molecule has 1 amide bonds. The highest BCUT2D eigenvalue weighted by Crippen LogP contribution is 2.22. The Balaban J connectivity index is 1.43. The van der Waals surface area contributed by atoms with Crippen LogP contribution in [0.2, 0.25) is 5.02 Å². The van der Waals surface area contributed by atoms with E-state index in [1.165, 1.54) is 5.56 Å². The third-order valence-electron chi connectivity index (χ3n) is 5.20. The van der Waals surface area contributed by atoms with Crippen molar-refractivity contribution in [1.82, 2.24) is 9.88 Å². The number of aryl methyl sites for hydroxylation is 1. The number of nitrogens with one attached hydrogen (secondary N) is 1. The lowest BCUT2D eigenvalue weighted by Gasteiger charge is -2.35. The van der Waals surface area contributed by atoms with Crippen molar-refractivity contribution in [3.05, 3.63) is 59.2 Å². The van der Waals surface area contributed by atoms with E-state index in [9.17, 15) is 4.79 Å². The Morgan fingerprint density at radius 1 is 1.23 bits per heavy atom. The molecule has 0 radical (unpaired) electrons. The number of anilines is 1. The minimum absolute atomic E-state index is 0.0602. The van der Waals surface area contributed by atoms with Crippen LogP contribution in [-0.2, 0) is 11.2 Å². The van der Waals surface area contributed by atoms with Gasteiger partial charge in [-0.1, -0.05) is 41.9 Å². The van der Waals surface area contributed by atoms with Crippen LogP contribution in [0.1, 0.15) is 31.7 Å². The molecule has 2 aromatic rings. The molecule has 1 N–H and O–H groups in total. The molecular weight excluding hydrogens is 346 g/mol. The van der Waals surface area contributed by atoms with Gasteiger partial charge in [-0.25, -0.2) is 4.98 Å². The van der Waals surface area contributed by atoms with Gasteiger partial charge in [-0.3, -0.25) is 4.79 Å². The molecule has 4 nitrogen and oxygen atoms in total. The third-order valence-corrected chi connectivity index (χ3v) is 5.42. The number of hydrogen-bond donors (Lipinski definition) is 1. The molecule has 0 saturated carbocycles. The van der Waals surface area contributed by atoms with Gasteiger partial charge < -0.3 is 10.2 Å². The second-order valence-electron chi connectivity index (χ2n) is 7.03. The van der Waals surface area contributed by atoms with Crippen LogP contribution in [0.4, 0.5) is 5.82 Å². The number of piperidine rings is 1. The molecule has 1 aromatic carbocycles. The van der Waals surface area contributed by atoms with Gasteiger partial charge in [0.2, 0.25) is 5.91 Å². The Bertz CT molecular complexity index is 697. The van der Waals surface area contributed by atoms with Gasteiger partial charge in [-0.2, -0.15) is 0 Å². The number of aromatic nitrogens is 1. The summed E-state index contributed by atoms with van der Waals surface area (Å²) in [6, 6.07) is 14.6. The van der Waals surface area contributed by atoms with Crippen molar-refractivity contribution in [2.45, 2.75) is 38.6 Å². The number of likely N-dealkylation sites (tertiary alicyclic amines) is 1. The number of halogens is 1. The summed E-state index contributed by atoms with van der Waals surface area (Å²) in [7, 11) is 0. The Morgan fingerprint density at radius 2 is 1.96 bits per heavy atom. The molecule has 5 heteroatoms. The largest absolute Gasteiger partial charge is 0.310 e. The highest BCUT2D eigenvalue weighted by Gasteiger charge is 2.27. The summed E-state index contributed by atoms with van der Waals surface area (Å²) in [4.78, 5) is 19.1. The zero-order valence-corrected chi connectivity index (χ0v) is 16.0. The highest BCUT2D eigenvalue weighted by atomic mass is 35.5. The number of pyridine rings is 1. The number of carbonyl (C=O) groups excluding carboxylic acids is 1. The molecule has 138 valence electrons. The lowest BCUT2D eigenvalue weighted by molar-refractivity contribution is -0.121. The number of hydrogen-bond acceptors (Lipinski definition) is 3. The molecule has 0 aliphatic carbocycles. The first-order valence-corrected chi connectivity index (χ1v) is 9.70. The fourth-order valence-electron chi connectivity index (χ4n) is 3.48. The van der Waals surface area contributed by atoms with Crippen LogP contribution in [-0.4, -0.2) is 34.9 Å². The third kappa shape index (κ3) is 5.29. The molecule has 1 aromatic heterocycles. The standard InChI is InChI=1S/C21H26ClN3O/c1-16(7-8-17-5-3-2-4-6-17)25-13-11-18(12-14-25)21(26)24-20-10-9-19(22)15-23-20/h2-6,9-10,15-16,18H,7-8,11-14H2,1H3,(H,23,24,26). The van der Waals surface area contributed by atoms with Crippen LogP contribution in [0.15, 0.2) is 48.7 Å². The molecule has 0 bridgehead atoms. The molecule has 3 rings (SSSR count). The summed E-state index contributed by atoms with van der Waals surface area (Å²) in [5.74, 6) is 0.694. The van der Waals surface area contributed by atoms with Crippen LogP contribution < -0.4 is 5.32 Å². The zero-order valence-electron chi connectivity index (χ0n) is 15.2. The minimum Gasteiger partial charge on any atom is -0.310 e. The molecule has 1 aliphatic heterocycles. The van der Waals surface area contributed by atoms with Gasteiger partial charge in [0.25, 0.3) is 0 Å². The van der Waals surface area contributed by atoms with Gasteiger partial charge in [0.15, 0.2) is 0 Å². The van der Waals surface area contributed by atoms with Crippen molar-refractivity contribution in [1.29, 1.82) is 0 Å². The van der Waals surface area contributed by atoms with Gasteiger partial charge in [0.1, 0.15) is 5.82 Å². The van der Waals surface area contributed by atoms with Gasteiger partial charge in [-0.15, -0.1) is 0 Å². The molecule has 1 atom stereocenters. The normalized spacial score (nSPS) is 17.0. The van der Waals surface area contributed by atoms with Crippen molar-refractivity contribution in [2.24, 2.45) is 5.92 Å². The van der Waals surface area contributed by atoms with E-state index in [1.54, 1.807) is 18.3 Å². The van der Waals surface area contributed by atoms with E-state index in [0.717, 1.165) is 38.8 Å². The smallest absolute Gasteiger partial charge is 0.228 e. The maximum absolute atomic E-state index is 12.4. The fraction of sp³-hybridized carbons (Fsp3) is 0.429. The minimum atomic E-state index is 0.0602. The molecule has 1 fully saturated rings. The van der Waals surface area contributed by atoms with Gasteiger partial charge in [0, 0.05) is 18.2 Å². The van der Waals surface area contributed by atoms with Gasteiger partial charge in [0.05, 0.1) is 5.02 Å². The van der Waals surface area contributed by atoms with E-state index >= 15 is 0 Å². The Morgan fingerprint density at radius 3 is 2.62 bits per heavy atom. The van der Waals surface area contributed by atoms with Crippen molar-refractivity contribution in [2.75, 3.05) is 18.4 Å². The van der Waals surface area contributed by atoms with E-state index in [0.29, 0.717) is 16.9 Å². The first-order chi connectivity index (χ1) is 12.6. The number of carbonyl (C=O) groups is 1. The van der Waals surface area contributed by atoms with Gasteiger partial charge in [-0.05, 0) is 63.4 Å². The van der Waals surface area contributed by atoms with Crippen molar-refractivity contribution in [3.63, 3.8) is 0 Å². The first kappa shape index (κ1) is 18.9. The fourth-order valence-corrected chi connectivity index (χ4v) is 3.60. The average Bonchev–Trinajstić information content (AvgIpc) is 2.69. The van der Waals surface area contributed by atoms with E-state index in [2.05, 4.69) is 52.5 Å². The van der Waals surface area contributed by atoms with Crippen LogP contribution in [0.5, 0.6) is 0 Å². The molecule has 26 heavy (non-hydrogen) atoms. The number of rotatable bonds is 6. The Hall–Kier alpha value is -1.91. The lowest BCUT2D eigenvalue weighted by Crippen LogP contribution is -2.42. The Kier molecular flexibility index (Phi) is 6.64. The van der Waals surface area contributed by atoms with Crippen LogP contribution in [0.25, 0.3) is 0 Å². The second kappa shape index (κ2) is 9.15. The molecule has 2 heterocycles. The molecule has 1 saturated heterocycles. The predicted octanol–water partition coefficient (Wildman–Crippen LogP) is 4.41. The van der Waals surface area contributed by atoms with Crippen LogP contribution in [0.3, 0.4) is 0 Å². The lowest BCUT2D eigenvalue weighted by atomic mass is 9.94. The number of nitrogens with zero attached hydrogens (tertiary/aromatic N) is 2. The summed E-state index contributed by atoms with van der Waals surface area (Å²) in [5, 5.41) is 3.47. The quantitative estimate of drug-likeness (QED) is 0.818. The van der Waals surface area contributed by atoms with Crippen molar-refractivity contribution < 1.29 is 4.79 Å². The molecule has 1 unspecified atom stereocenters. The summed E-state index contributed by atoms with van der Waals surface area (Å²) in [6.45, 7) is 4.24.